The van der Waals surface area contributed by atoms with Crippen molar-refractivity contribution in [3.8, 4) is 22.4 Å². The average Bonchev–Trinajstić information content (AvgIpc) is 3.24. The van der Waals surface area contributed by atoms with Crippen LogP contribution in [0.25, 0.3) is 27.9 Å². The Morgan fingerprint density at radius 1 is 0.941 bits per heavy atom. The number of nitrogens with zero attached hydrogens (tertiary/aromatic N) is 5. The van der Waals surface area contributed by atoms with E-state index in [2.05, 4.69) is 110 Å². The van der Waals surface area contributed by atoms with Crippen LogP contribution < -0.4 is 10.2 Å². The van der Waals surface area contributed by atoms with Crippen LogP contribution in [0.4, 0.5) is 5.82 Å². The van der Waals surface area contributed by atoms with Gasteiger partial charge < -0.3 is 14.6 Å². The molecule has 1 fully saturated rings. The van der Waals surface area contributed by atoms with E-state index in [0.717, 1.165) is 35.4 Å². The van der Waals surface area contributed by atoms with Gasteiger partial charge in [0.1, 0.15) is 0 Å². The highest BCUT2D eigenvalue weighted by molar-refractivity contribution is 5.74. The van der Waals surface area contributed by atoms with Crippen molar-refractivity contribution in [1.29, 1.82) is 0 Å². The van der Waals surface area contributed by atoms with Crippen LogP contribution in [0.5, 0.6) is 0 Å². The number of aryl methyl sites for hydroxylation is 1. The monoisotopic (exact) mass is 454 g/mol. The molecule has 5 rings (SSSR count). The molecule has 6 nitrogen and oxygen atoms in total. The predicted molar refractivity (Wildman–Crippen MR) is 139 cm³/mol. The molecule has 0 radical (unpaired) electrons. The lowest BCUT2D eigenvalue weighted by molar-refractivity contribution is 0.160. The number of hydrogen-bond acceptors (Lipinski definition) is 5. The first kappa shape index (κ1) is 22.5. The van der Waals surface area contributed by atoms with E-state index in [1.807, 2.05) is 23.1 Å². The minimum atomic E-state index is 0.0927. The van der Waals surface area contributed by atoms with Gasteiger partial charge in [0.05, 0.1) is 23.7 Å². The fraction of sp³-hybridized carbons (Fsp3) is 0.393. The van der Waals surface area contributed by atoms with Gasteiger partial charge in [-0.15, -0.1) is 10.2 Å². The average molecular weight is 455 g/mol. The Bertz CT molecular complexity index is 1300. The molecule has 0 unspecified atom stereocenters. The zero-order chi connectivity index (χ0) is 24.1. The van der Waals surface area contributed by atoms with Gasteiger partial charge in [-0.3, -0.25) is 0 Å². The lowest BCUT2D eigenvalue weighted by Gasteiger charge is -2.49. The number of imidazole rings is 1. The summed E-state index contributed by atoms with van der Waals surface area (Å²) in [4.78, 5) is 6.51. The molecule has 34 heavy (non-hydrogen) atoms. The van der Waals surface area contributed by atoms with E-state index in [9.17, 15) is 0 Å². The normalized spacial score (nSPS) is 17.7. The van der Waals surface area contributed by atoms with Gasteiger partial charge in [0, 0.05) is 35.9 Å². The van der Waals surface area contributed by atoms with Crippen molar-refractivity contribution in [3.05, 3.63) is 66.7 Å². The second kappa shape index (κ2) is 8.20. The van der Waals surface area contributed by atoms with Crippen molar-refractivity contribution in [2.75, 3.05) is 11.9 Å². The topological polar surface area (TPSA) is 58.4 Å². The minimum Gasteiger partial charge on any atom is -0.355 e. The Hall–Kier alpha value is -3.25. The van der Waals surface area contributed by atoms with Gasteiger partial charge in [0.25, 0.3) is 0 Å². The lowest BCUT2D eigenvalue weighted by Crippen LogP contribution is -2.62. The smallest absolute Gasteiger partial charge is 0.151 e. The molecular weight excluding hydrogens is 420 g/mol. The van der Waals surface area contributed by atoms with Gasteiger partial charge in [-0.1, -0.05) is 18.2 Å². The number of fused-ring (bicyclic) bond motifs is 1. The summed E-state index contributed by atoms with van der Waals surface area (Å²) < 4.78 is 2.02. The molecule has 1 aromatic carbocycles. The molecule has 0 aliphatic carbocycles. The number of piperidine rings is 1. The summed E-state index contributed by atoms with van der Waals surface area (Å²) >= 11 is 0. The van der Waals surface area contributed by atoms with Crippen molar-refractivity contribution >= 4 is 11.3 Å². The zero-order valence-corrected chi connectivity index (χ0v) is 21.0. The summed E-state index contributed by atoms with van der Waals surface area (Å²) in [5, 5.41) is 13.0. The molecule has 0 spiro atoms. The van der Waals surface area contributed by atoms with Gasteiger partial charge in [0.2, 0.25) is 0 Å². The van der Waals surface area contributed by atoms with Crippen LogP contribution in [-0.4, -0.2) is 43.7 Å². The minimum absolute atomic E-state index is 0.0927. The molecular formula is C28H34N6. The summed E-state index contributed by atoms with van der Waals surface area (Å²) in [6, 6.07) is 15.4. The summed E-state index contributed by atoms with van der Waals surface area (Å²) in [6.45, 7) is 11.3. The van der Waals surface area contributed by atoms with E-state index in [-0.39, 0.29) is 11.1 Å². The van der Waals surface area contributed by atoms with Crippen molar-refractivity contribution < 1.29 is 0 Å². The number of pyridine rings is 1. The second-order valence-electron chi connectivity index (χ2n) is 11.0. The van der Waals surface area contributed by atoms with Crippen molar-refractivity contribution in [2.24, 2.45) is 0 Å². The van der Waals surface area contributed by atoms with E-state index in [4.69, 9.17) is 0 Å². The van der Waals surface area contributed by atoms with Crippen LogP contribution in [0, 0.1) is 6.92 Å². The van der Waals surface area contributed by atoms with Gasteiger partial charge in [-0.05, 0) is 88.4 Å². The highest BCUT2D eigenvalue weighted by Crippen LogP contribution is 2.33. The first-order valence-electron chi connectivity index (χ1n) is 12.0. The third-order valence-electron chi connectivity index (χ3n) is 6.98. The Morgan fingerprint density at radius 2 is 1.68 bits per heavy atom. The molecule has 1 N–H and O–H groups in total. The van der Waals surface area contributed by atoms with Crippen LogP contribution in [0.3, 0.4) is 0 Å². The summed E-state index contributed by atoms with van der Waals surface area (Å²) in [7, 11) is 2.14. The molecule has 0 atom stereocenters. The van der Waals surface area contributed by atoms with Crippen LogP contribution in [0.15, 0.2) is 61.2 Å². The Labute approximate surface area is 202 Å². The van der Waals surface area contributed by atoms with E-state index in [1.165, 1.54) is 16.7 Å². The van der Waals surface area contributed by atoms with Crippen LogP contribution in [0.1, 0.15) is 46.1 Å². The molecule has 176 valence electrons. The molecule has 1 saturated heterocycles. The molecule has 0 bridgehead atoms. The quantitative estimate of drug-likeness (QED) is 0.440. The third-order valence-corrected chi connectivity index (χ3v) is 6.98. The summed E-state index contributed by atoms with van der Waals surface area (Å²) in [5.41, 5.74) is 6.83. The highest BCUT2D eigenvalue weighted by Gasteiger charge is 2.39. The van der Waals surface area contributed by atoms with Gasteiger partial charge in [0.15, 0.2) is 5.82 Å². The fourth-order valence-electron chi connectivity index (χ4n) is 5.62. The van der Waals surface area contributed by atoms with E-state index in [0.29, 0.717) is 6.04 Å². The van der Waals surface area contributed by atoms with E-state index < -0.39 is 0 Å². The maximum Gasteiger partial charge on any atom is 0.151 e. The molecule has 1 aliphatic rings. The summed E-state index contributed by atoms with van der Waals surface area (Å²) in [6.07, 6.45) is 7.89. The first-order chi connectivity index (χ1) is 16.1. The second-order valence-corrected chi connectivity index (χ2v) is 11.0. The fourth-order valence-corrected chi connectivity index (χ4v) is 5.62. The van der Waals surface area contributed by atoms with Gasteiger partial charge in [-0.25, -0.2) is 4.98 Å². The molecule has 0 saturated carbocycles. The molecule has 4 aromatic rings. The number of anilines is 1. The van der Waals surface area contributed by atoms with Gasteiger partial charge in [-0.2, -0.15) is 0 Å². The largest absolute Gasteiger partial charge is 0.355 e. The number of benzene rings is 1. The Balaban J connectivity index is 1.37. The molecule has 3 aromatic heterocycles. The third kappa shape index (κ3) is 4.42. The van der Waals surface area contributed by atoms with Crippen molar-refractivity contribution in [1.82, 2.24) is 24.9 Å². The van der Waals surface area contributed by atoms with Crippen LogP contribution in [-0.2, 0) is 0 Å². The van der Waals surface area contributed by atoms with Crippen LogP contribution >= 0.6 is 0 Å². The van der Waals surface area contributed by atoms with Crippen molar-refractivity contribution in [3.63, 3.8) is 0 Å². The zero-order valence-electron chi connectivity index (χ0n) is 21.0. The lowest BCUT2D eigenvalue weighted by atomic mass is 9.79. The predicted octanol–water partition coefficient (Wildman–Crippen LogP) is 5.51. The molecule has 4 heterocycles. The van der Waals surface area contributed by atoms with Crippen molar-refractivity contribution in [2.45, 2.75) is 64.6 Å². The number of aromatic nitrogens is 4. The standard InChI is InChI=1S/C28H34N6/c1-19-13-20(21-11-12-34-18-29-17-22(34)14-21)7-8-24(19)25-9-10-26(31-30-25)33(6)23-15-27(2,3)32-28(4,5)16-23/h7-14,17-18,23,32H,15-16H2,1-6H3. The number of nitrogens with one attached hydrogen (secondary N) is 1. The van der Waals surface area contributed by atoms with Gasteiger partial charge >= 0.3 is 0 Å². The maximum atomic E-state index is 4.62. The van der Waals surface area contributed by atoms with Crippen LogP contribution in [0.2, 0.25) is 0 Å². The maximum absolute atomic E-state index is 4.62. The number of hydrogen-bond donors (Lipinski definition) is 1. The first-order valence-corrected chi connectivity index (χ1v) is 12.0. The SMILES string of the molecule is Cc1cc(-c2ccn3cncc3c2)ccc1-c1ccc(N(C)C2CC(C)(C)NC(C)(C)C2)nn1. The summed E-state index contributed by atoms with van der Waals surface area (Å²) in [5.74, 6) is 0.922. The number of rotatable bonds is 4. The van der Waals surface area contributed by atoms with E-state index in [1.54, 1.807) is 0 Å². The van der Waals surface area contributed by atoms with E-state index >= 15 is 0 Å². The highest BCUT2D eigenvalue weighted by atomic mass is 15.3. The molecule has 1 aliphatic heterocycles. The Morgan fingerprint density at radius 3 is 2.35 bits per heavy atom. The Kier molecular flexibility index (Phi) is 5.44. The molecule has 6 heteroatoms. The molecule has 0 amide bonds.